The second-order valence-corrected chi connectivity index (χ2v) is 6.40. The number of allylic oxidation sites excluding steroid dienone is 3. The Labute approximate surface area is 127 Å². The van der Waals surface area contributed by atoms with Crippen LogP contribution in [0.15, 0.2) is 28.9 Å². The van der Waals surface area contributed by atoms with Gasteiger partial charge in [0.05, 0.1) is 5.71 Å². The fourth-order valence-corrected chi connectivity index (χ4v) is 3.04. The summed E-state index contributed by atoms with van der Waals surface area (Å²) in [5.41, 5.74) is 6.58. The van der Waals surface area contributed by atoms with Gasteiger partial charge in [0, 0.05) is 6.04 Å². The minimum atomic E-state index is 0.510. The van der Waals surface area contributed by atoms with E-state index in [-0.39, 0.29) is 0 Å². The summed E-state index contributed by atoms with van der Waals surface area (Å²) in [6, 6.07) is 0.529. The number of thiocarbonyl (C=S) groups is 1. The monoisotopic (exact) mass is 291 g/mol. The van der Waals surface area contributed by atoms with Gasteiger partial charge in [-0.25, -0.2) is 0 Å². The van der Waals surface area contributed by atoms with E-state index in [1.165, 1.54) is 36.8 Å². The zero-order valence-electron chi connectivity index (χ0n) is 12.5. The molecule has 2 rings (SSSR count). The van der Waals surface area contributed by atoms with Crippen molar-refractivity contribution >= 4 is 23.0 Å². The fraction of sp³-hybridized carbons (Fsp3) is 0.625. The van der Waals surface area contributed by atoms with Crippen molar-refractivity contribution < 1.29 is 0 Å². The van der Waals surface area contributed by atoms with E-state index in [9.17, 15) is 0 Å². The summed E-state index contributed by atoms with van der Waals surface area (Å²) in [4.78, 5) is 0. The molecule has 2 aliphatic carbocycles. The molecule has 0 aromatic heterocycles. The van der Waals surface area contributed by atoms with Crippen LogP contribution in [0.1, 0.15) is 52.4 Å². The van der Waals surface area contributed by atoms with Crippen LogP contribution in [-0.2, 0) is 0 Å². The topological polar surface area (TPSA) is 36.4 Å². The smallest absolute Gasteiger partial charge is 0.187 e. The van der Waals surface area contributed by atoms with E-state index in [0.717, 1.165) is 18.6 Å². The van der Waals surface area contributed by atoms with Crippen molar-refractivity contribution in [3.8, 4) is 0 Å². The highest BCUT2D eigenvalue weighted by Crippen LogP contribution is 2.26. The first-order chi connectivity index (χ1) is 9.56. The average molecular weight is 291 g/mol. The van der Waals surface area contributed by atoms with Gasteiger partial charge < -0.3 is 5.32 Å². The first-order valence-electron chi connectivity index (χ1n) is 7.52. The maximum absolute atomic E-state index is 5.31. The van der Waals surface area contributed by atoms with E-state index in [2.05, 4.69) is 42.3 Å². The Morgan fingerprint density at radius 1 is 1.40 bits per heavy atom. The maximum Gasteiger partial charge on any atom is 0.187 e. The summed E-state index contributed by atoms with van der Waals surface area (Å²) in [5.74, 6) is 0.510. The predicted octanol–water partition coefficient (Wildman–Crippen LogP) is 3.68. The number of hydrazone groups is 1. The normalized spacial score (nSPS) is 25.4. The average Bonchev–Trinajstić information content (AvgIpc) is 2.90. The molecule has 0 saturated heterocycles. The van der Waals surface area contributed by atoms with Gasteiger partial charge in [-0.3, -0.25) is 5.43 Å². The molecular weight excluding hydrogens is 266 g/mol. The molecule has 0 amide bonds. The Morgan fingerprint density at radius 3 is 2.75 bits per heavy atom. The van der Waals surface area contributed by atoms with E-state index in [4.69, 9.17) is 12.2 Å². The van der Waals surface area contributed by atoms with Gasteiger partial charge >= 0.3 is 0 Å². The minimum Gasteiger partial charge on any atom is -0.359 e. The van der Waals surface area contributed by atoms with Crippen LogP contribution < -0.4 is 10.7 Å². The molecule has 2 N–H and O–H groups in total. The Bertz CT molecular complexity index is 445. The standard InChI is InChI=1S/C16H25N3S/c1-11(2)13-9-8-12(3)15(10-13)18-19-16(20)17-14-6-4-5-7-14/h8,13-14H,1,4-7,9-10H2,2-3H3,(H2,17,19,20)/b18-15-/t13-/m0/s1. The van der Waals surface area contributed by atoms with Crippen LogP contribution in [0.5, 0.6) is 0 Å². The first-order valence-corrected chi connectivity index (χ1v) is 7.92. The summed E-state index contributed by atoms with van der Waals surface area (Å²) in [5, 5.41) is 8.48. The highest BCUT2D eigenvalue weighted by molar-refractivity contribution is 7.80. The highest BCUT2D eigenvalue weighted by Gasteiger charge is 2.19. The fourth-order valence-electron chi connectivity index (χ4n) is 2.83. The third-order valence-electron chi connectivity index (χ3n) is 4.28. The molecule has 4 heteroatoms. The van der Waals surface area contributed by atoms with Crippen molar-refractivity contribution in [3.63, 3.8) is 0 Å². The van der Waals surface area contributed by atoms with Crippen LogP contribution in [0.3, 0.4) is 0 Å². The number of nitrogens with one attached hydrogen (secondary N) is 2. The van der Waals surface area contributed by atoms with Crippen LogP contribution in [0.4, 0.5) is 0 Å². The molecule has 0 bridgehead atoms. The minimum absolute atomic E-state index is 0.510. The lowest BCUT2D eigenvalue weighted by molar-refractivity contribution is 0.620. The second kappa shape index (κ2) is 7.02. The molecule has 0 aliphatic heterocycles. The molecule has 3 nitrogen and oxygen atoms in total. The lowest BCUT2D eigenvalue weighted by Gasteiger charge is -2.22. The summed E-state index contributed by atoms with van der Waals surface area (Å²) >= 11 is 5.31. The van der Waals surface area contributed by atoms with Gasteiger partial charge in [-0.2, -0.15) is 5.10 Å². The molecule has 0 spiro atoms. The van der Waals surface area contributed by atoms with Crippen molar-refractivity contribution in [1.29, 1.82) is 0 Å². The Morgan fingerprint density at radius 2 is 2.10 bits per heavy atom. The number of hydrogen-bond acceptors (Lipinski definition) is 2. The molecule has 1 fully saturated rings. The Balaban J connectivity index is 1.88. The molecule has 1 saturated carbocycles. The first kappa shape index (κ1) is 15.2. The molecule has 1 atom stereocenters. The van der Waals surface area contributed by atoms with Gasteiger partial charge in [-0.1, -0.05) is 31.1 Å². The van der Waals surface area contributed by atoms with Crippen molar-refractivity contribution in [2.75, 3.05) is 0 Å². The van der Waals surface area contributed by atoms with Gasteiger partial charge in [0.15, 0.2) is 5.11 Å². The van der Waals surface area contributed by atoms with E-state index in [1.807, 2.05) is 0 Å². The summed E-state index contributed by atoms with van der Waals surface area (Å²) in [7, 11) is 0. The summed E-state index contributed by atoms with van der Waals surface area (Å²) in [6.07, 6.45) is 9.32. The second-order valence-electron chi connectivity index (χ2n) is 6.00. The maximum atomic E-state index is 5.31. The zero-order chi connectivity index (χ0) is 14.5. The van der Waals surface area contributed by atoms with Gasteiger partial charge in [0.2, 0.25) is 0 Å². The molecule has 0 unspecified atom stereocenters. The van der Waals surface area contributed by atoms with Crippen LogP contribution in [0.2, 0.25) is 0 Å². The predicted molar refractivity (Wildman–Crippen MR) is 89.9 cm³/mol. The molecule has 2 aliphatic rings. The van der Waals surface area contributed by atoms with E-state index in [0.29, 0.717) is 17.1 Å². The lowest BCUT2D eigenvalue weighted by Crippen LogP contribution is -2.39. The molecule has 0 aromatic carbocycles. The van der Waals surface area contributed by atoms with Crippen LogP contribution in [0, 0.1) is 5.92 Å². The molecule has 0 aromatic rings. The van der Waals surface area contributed by atoms with Gasteiger partial charge in [-0.05, 0) is 63.2 Å². The largest absolute Gasteiger partial charge is 0.359 e. The SMILES string of the molecule is C=C(C)[C@H]1CC=C(C)/C(=N\NC(=S)NC2CCCC2)C1. The Hall–Kier alpha value is -1.16. The van der Waals surface area contributed by atoms with Crippen molar-refractivity contribution in [1.82, 2.24) is 10.7 Å². The van der Waals surface area contributed by atoms with E-state index < -0.39 is 0 Å². The quantitative estimate of drug-likeness (QED) is 0.473. The van der Waals surface area contributed by atoms with Crippen molar-refractivity contribution in [3.05, 3.63) is 23.8 Å². The number of nitrogens with zero attached hydrogens (tertiary/aromatic N) is 1. The third-order valence-corrected chi connectivity index (χ3v) is 4.49. The lowest BCUT2D eigenvalue weighted by atomic mass is 9.85. The van der Waals surface area contributed by atoms with Gasteiger partial charge in [0.25, 0.3) is 0 Å². The van der Waals surface area contributed by atoms with Gasteiger partial charge in [-0.15, -0.1) is 0 Å². The Kier molecular flexibility index (Phi) is 5.35. The molecular formula is C16H25N3S. The summed E-state index contributed by atoms with van der Waals surface area (Å²) < 4.78 is 0. The van der Waals surface area contributed by atoms with Crippen molar-refractivity contribution in [2.24, 2.45) is 11.0 Å². The van der Waals surface area contributed by atoms with E-state index in [1.54, 1.807) is 0 Å². The molecule has 0 radical (unpaired) electrons. The van der Waals surface area contributed by atoms with E-state index >= 15 is 0 Å². The van der Waals surface area contributed by atoms with Gasteiger partial charge in [0.1, 0.15) is 0 Å². The highest BCUT2D eigenvalue weighted by atomic mass is 32.1. The third kappa shape index (κ3) is 4.17. The summed E-state index contributed by atoms with van der Waals surface area (Å²) in [6.45, 7) is 8.27. The van der Waals surface area contributed by atoms with Crippen molar-refractivity contribution in [2.45, 2.75) is 58.4 Å². The molecule has 110 valence electrons. The molecule has 0 heterocycles. The number of hydrogen-bond donors (Lipinski definition) is 2. The molecule has 20 heavy (non-hydrogen) atoms. The number of rotatable bonds is 3. The van der Waals surface area contributed by atoms with Crippen LogP contribution in [-0.4, -0.2) is 16.9 Å². The zero-order valence-corrected chi connectivity index (χ0v) is 13.4. The van der Waals surface area contributed by atoms with Crippen LogP contribution in [0.25, 0.3) is 0 Å². The van der Waals surface area contributed by atoms with Crippen LogP contribution >= 0.6 is 12.2 Å².